The van der Waals surface area contributed by atoms with Gasteiger partial charge in [-0.3, -0.25) is 14.8 Å². The monoisotopic (exact) mass is 661 g/mol. The fourth-order valence-electron chi connectivity index (χ4n) is 4.90. The van der Waals surface area contributed by atoms with E-state index in [9.17, 15) is 18.0 Å². The van der Waals surface area contributed by atoms with Crippen molar-refractivity contribution in [3.8, 4) is 22.1 Å². The first-order valence-electron chi connectivity index (χ1n) is 14.5. The molecule has 0 aliphatic heterocycles. The lowest BCUT2D eigenvalue weighted by molar-refractivity contribution is -0.117. The number of methoxy groups -OCH3 is 1. The summed E-state index contributed by atoms with van der Waals surface area (Å²) < 4.78 is 50.4. The number of pyridine rings is 2. The van der Waals surface area contributed by atoms with Gasteiger partial charge in [-0.2, -0.15) is 0 Å². The highest BCUT2D eigenvalue weighted by Gasteiger charge is 2.17. The van der Waals surface area contributed by atoms with Gasteiger partial charge in [0.2, 0.25) is 0 Å². The molecule has 0 aliphatic rings. The van der Waals surface area contributed by atoms with E-state index in [0.29, 0.717) is 35.5 Å². The molecule has 0 atom stereocenters. The first-order chi connectivity index (χ1) is 22.0. The van der Waals surface area contributed by atoms with E-state index in [1.165, 1.54) is 42.7 Å². The molecule has 3 heterocycles. The predicted molar refractivity (Wildman–Crippen MR) is 174 cm³/mol. The maximum Gasteiger partial charge on any atom is 0.409 e. The van der Waals surface area contributed by atoms with Crippen LogP contribution in [0.2, 0.25) is 0 Å². The second-order valence-corrected chi connectivity index (χ2v) is 13.8. The largest absolute Gasteiger partial charge is 0.453 e. The molecule has 0 N–H and O–H groups in total. The lowest BCUT2D eigenvalue weighted by Gasteiger charge is -2.20. The molecule has 0 aliphatic carbocycles. The smallest absolute Gasteiger partial charge is 0.409 e. The maximum atomic E-state index is 15.2. The molecule has 5 aromatic rings. The van der Waals surface area contributed by atoms with Crippen LogP contribution in [0.5, 0.6) is 11.5 Å². The summed E-state index contributed by atoms with van der Waals surface area (Å²) in [6.45, 7) is 2.95. The SMILES string of the molecule is CCCN(Cc1ccc(-c2cc3nccc(Oc4ccc(CC(=O)Cc5cccc(S(C)(=O)=O)c5)cc4F)c3s2)nc1)C(=O)OC. The van der Waals surface area contributed by atoms with E-state index < -0.39 is 15.7 Å². The first-order valence-corrected chi connectivity index (χ1v) is 17.2. The number of sulfone groups is 1. The van der Waals surface area contributed by atoms with Gasteiger partial charge in [-0.15, -0.1) is 11.3 Å². The van der Waals surface area contributed by atoms with Gasteiger partial charge in [0.05, 0.1) is 39.3 Å². The van der Waals surface area contributed by atoms with E-state index in [-0.39, 0.29) is 35.4 Å². The summed E-state index contributed by atoms with van der Waals surface area (Å²) in [5.41, 5.74) is 3.32. The van der Waals surface area contributed by atoms with Gasteiger partial charge < -0.3 is 14.4 Å². The Kier molecular flexibility index (Phi) is 10.1. The Labute approximate surface area is 270 Å². The van der Waals surface area contributed by atoms with Gasteiger partial charge in [0.1, 0.15) is 11.5 Å². The Bertz CT molecular complexity index is 1990. The van der Waals surface area contributed by atoms with Gasteiger partial charge in [0.25, 0.3) is 0 Å². The molecule has 0 bridgehead atoms. The second kappa shape index (κ2) is 14.2. The van der Waals surface area contributed by atoms with Crippen LogP contribution in [0.3, 0.4) is 0 Å². The highest BCUT2D eigenvalue weighted by Crippen LogP contribution is 2.39. The molecule has 0 fully saturated rings. The van der Waals surface area contributed by atoms with E-state index >= 15 is 4.39 Å². The zero-order valence-corrected chi connectivity index (χ0v) is 27.2. The number of fused-ring (bicyclic) bond motifs is 1. The number of carbonyl (C=O) groups is 2. The molecule has 9 nitrogen and oxygen atoms in total. The van der Waals surface area contributed by atoms with E-state index in [2.05, 4.69) is 9.97 Å². The average Bonchev–Trinajstić information content (AvgIpc) is 3.47. The summed E-state index contributed by atoms with van der Waals surface area (Å²) >= 11 is 1.41. The number of hydrogen-bond acceptors (Lipinski definition) is 9. The van der Waals surface area contributed by atoms with Crippen LogP contribution in [0.15, 0.2) is 84.0 Å². The standard InChI is InChI=1S/C34H32FN3O6S2/c1-4-14-38(34(40)43-2)21-24-8-10-28(37-20-24)32-19-29-33(45-32)31(12-13-36-29)44-30-11-9-23(18-27(30)35)16-25(39)15-22-6-5-7-26(17-22)46(3,41)42/h5-13,17-20H,4,14-16,21H2,1-3H3. The first kappa shape index (κ1) is 32.7. The van der Waals surface area contributed by atoms with E-state index in [4.69, 9.17) is 9.47 Å². The zero-order chi connectivity index (χ0) is 32.8. The molecule has 46 heavy (non-hydrogen) atoms. The number of ketones is 1. The summed E-state index contributed by atoms with van der Waals surface area (Å²) in [7, 11) is -2.03. The number of aromatic nitrogens is 2. The van der Waals surface area contributed by atoms with Crippen LogP contribution < -0.4 is 4.74 Å². The zero-order valence-electron chi connectivity index (χ0n) is 25.5. The summed E-state index contributed by atoms with van der Waals surface area (Å²) in [5.74, 6) is -0.361. The van der Waals surface area contributed by atoms with Crippen LogP contribution in [0.25, 0.3) is 20.8 Å². The third-order valence-electron chi connectivity index (χ3n) is 7.10. The number of halogens is 1. The minimum atomic E-state index is -3.39. The van der Waals surface area contributed by atoms with Crippen LogP contribution in [0, 0.1) is 5.82 Å². The van der Waals surface area contributed by atoms with Crippen molar-refractivity contribution in [1.82, 2.24) is 14.9 Å². The van der Waals surface area contributed by atoms with Crippen molar-refractivity contribution in [3.63, 3.8) is 0 Å². The summed E-state index contributed by atoms with van der Waals surface area (Å²) in [4.78, 5) is 36.4. The number of rotatable bonds is 12. The van der Waals surface area contributed by atoms with Gasteiger partial charge in [0, 0.05) is 44.1 Å². The Morgan fingerprint density at radius 1 is 0.935 bits per heavy atom. The van der Waals surface area contributed by atoms with Gasteiger partial charge in [-0.05, 0) is 59.5 Å². The Morgan fingerprint density at radius 2 is 1.70 bits per heavy atom. The molecule has 5 rings (SSSR count). The van der Waals surface area contributed by atoms with Crippen molar-refractivity contribution in [2.45, 2.75) is 37.6 Å². The molecule has 0 unspecified atom stereocenters. The Hall–Kier alpha value is -4.68. The fourth-order valence-corrected chi connectivity index (χ4v) is 6.63. The van der Waals surface area contributed by atoms with Crippen LogP contribution in [-0.2, 0) is 38.8 Å². The van der Waals surface area contributed by atoms with Gasteiger partial charge in [-0.1, -0.05) is 31.2 Å². The minimum Gasteiger partial charge on any atom is -0.453 e. The molecule has 0 spiro atoms. The molecule has 1 amide bonds. The van der Waals surface area contributed by atoms with Crippen molar-refractivity contribution in [2.24, 2.45) is 0 Å². The second-order valence-electron chi connectivity index (χ2n) is 10.8. The van der Waals surface area contributed by atoms with Crippen molar-refractivity contribution in [3.05, 3.63) is 102 Å². The molecule has 238 valence electrons. The number of benzene rings is 2. The number of Topliss-reactive ketones (excluding diaryl/α,β-unsaturated/α-hetero) is 1. The summed E-state index contributed by atoms with van der Waals surface area (Å²) in [6, 6.07) is 18.0. The summed E-state index contributed by atoms with van der Waals surface area (Å²) in [6.07, 6.45) is 4.86. The van der Waals surface area contributed by atoms with E-state index in [1.807, 2.05) is 25.1 Å². The molecule has 0 saturated carbocycles. The number of hydrogen-bond donors (Lipinski definition) is 0. The van der Waals surface area contributed by atoms with Crippen molar-refractivity contribution < 1.29 is 31.9 Å². The molecule has 0 saturated heterocycles. The Balaban J connectivity index is 1.27. The molecule has 0 radical (unpaired) electrons. The van der Waals surface area contributed by atoms with Crippen LogP contribution in [-0.4, -0.2) is 55.1 Å². The minimum absolute atomic E-state index is 0.00391. The van der Waals surface area contributed by atoms with E-state index in [1.54, 1.807) is 41.6 Å². The number of amides is 1. The number of ether oxygens (including phenoxy) is 2. The van der Waals surface area contributed by atoms with Crippen LogP contribution >= 0.6 is 11.3 Å². The van der Waals surface area contributed by atoms with Gasteiger partial charge in [-0.25, -0.2) is 17.6 Å². The predicted octanol–water partition coefficient (Wildman–Crippen LogP) is 7.03. The lowest BCUT2D eigenvalue weighted by atomic mass is 10.0. The molecule has 12 heteroatoms. The quantitative estimate of drug-likeness (QED) is 0.140. The molecule has 2 aromatic carbocycles. The normalized spacial score (nSPS) is 11.4. The van der Waals surface area contributed by atoms with Crippen molar-refractivity contribution >= 4 is 43.3 Å². The maximum absolute atomic E-state index is 15.2. The highest BCUT2D eigenvalue weighted by atomic mass is 32.2. The third-order valence-corrected chi connectivity index (χ3v) is 9.37. The number of thiophene rings is 1. The van der Waals surface area contributed by atoms with Crippen molar-refractivity contribution in [1.29, 1.82) is 0 Å². The Morgan fingerprint density at radius 3 is 2.37 bits per heavy atom. The molecular formula is C34H32FN3O6S2. The van der Waals surface area contributed by atoms with Crippen LogP contribution in [0.4, 0.5) is 9.18 Å². The number of nitrogens with zero attached hydrogens (tertiary/aromatic N) is 3. The highest BCUT2D eigenvalue weighted by molar-refractivity contribution is 7.90. The van der Waals surface area contributed by atoms with E-state index in [0.717, 1.165) is 33.5 Å². The summed E-state index contributed by atoms with van der Waals surface area (Å²) in [5, 5.41) is 0. The molecular weight excluding hydrogens is 630 g/mol. The topological polar surface area (TPSA) is 116 Å². The number of carbonyl (C=O) groups excluding carboxylic acids is 2. The molecule has 3 aromatic heterocycles. The van der Waals surface area contributed by atoms with Gasteiger partial charge >= 0.3 is 6.09 Å². The fraction of sp³-hybridized carbons (Fsp3) is 0.235. The average molecular weight is 662 g/mol. The van der Waals surface area contributed by atoms with Crippen molar-refractivity contribution in [2.75, 3.05) is 19.9 Å². The van der Waals surface area contributed by atoms with Crippen LogP contribution in [0.1, 0.15) is 30.0 Å². The third kappa shape index (κ3) is 7.93. The van der Waals surface area contributed by atoms with Gasteiger partial charge in [0.15, 0.2) is 21.4 Å². The lowest BCUT2D eigenvalue weighted by Crippen LogP contribution is -2.31.